The largest absolute Gasteiger partial charge is 0.378 e. The molecule has 2 N–H and O–H groups in total. The molecule has 2 atom stereocenters. The summed E-state index contributed by atoms with van der Waals surface area (Å²) in [5.41, 5.74) is 5.55. The van der Waals surface area contributed by atoms with Crippen molar-refractivity contribution in [2.75, 3.05) is 19.7 Å². The van der Waals surface area contributed by atoms with Crippen LogP contribution in [0.15, 0.2) is 0 Å². The Labute approximate surface area is 103 Å². The molecule has 2 fully saturated rings. The van der Waals surface area contributed by atoms with E-state index < -0.39 is 0 Å². The van der Waals surface area contributed by atoms with Crippen LogP contribution in [0.2, 0.25) is 0 Å². The number of nitrogens with two attached hydrogens (primary N) is 1. The number of rotatable bonds is 5. The predicted molar refractivity (Wildman–Crippen MR) is 66.5 cm³/mol. The average molecular weight is 240 g/mol. The number of carbonyl (C=O) groups is 1. The van der Waals surface area contributed by atoms with Crippen molar-refractivity contribution in [2.45, 2.75) is 51.2 Å². The molecule has 1 saturated heterocycles. The lowest BCUT2D eigenvalue weighted by molar-refractivity contribution is -0.139. The van der Waals surface area contributed by atoms with E-state index in [9.17, 15) is 4.79 Å². The zero-order chi connectivity index (χ0) is 12.3. The van der Waals surface area contributed by atoms with E-state index in [0.717, 1.165) is 19.4 Å². The Kier molecular flexibility index (Phi) is 4.40. The molecule has 0 radical (unpaired) electrons. The van der Waals surface area contributed by atoms with Gasteiger partial charge in [0.1, 0.15) is 0 Å². The van der Waals surface area contributed by atoms with E-state index in [-0.39, 0.29) is 12.0 Å². The van der Waals surface area contributed by atoms with Gasteiger partial charge in [0.25, 0.3) is 0 Å². The van der Waals surface area contributed by atoms with Crippen LogP contribution in [-0.4, -0.2) is 42.6 Å². The minimum Gasteiger partial charge on any atom is -0.378 e. The molecule has 1 aliphatic heterocycles. The van der Waals surface area contributed by atoms with Crippen molar-refractivity contribution >= 4 is 5.91 Å². The smallest absolute Gasteiger partial charge is 0.228 e. The minimum absolute atomic E-state index is 0.0865. The second kappa shape index (κ2) is 5.83. The van der Waals surface area contributed by atoms with Crippen molar-refractivity contribution in [3.63, 3.8) is 0 Å². The first-order valence-electron chi connectivity index (χ1n) is 6.84. The summed E-state index contributed by atoms with van der Waals surface area (Å²) in [6.07, 6.45) is 5.62. The summed E-state index contributed by atoms with van der Waals surface area (Å²) in [5.74, 6) is 0.385. The van der Waals surface area contributed by atoms with Gasteiger partial charge in [0.2, 0.25) is 5.91 Å². The van der Waals surface area contributed by atoms with E-state index in [1.54, 1.807) is 0 Å². The maximum atomic E-state index is 12.4. The van der Waals surface area contributed by atoms with Gasteiger partial charge in [-0.1, -0.05) is 0 Å². The van der Waals surface area contributed by atoms with Crippen LogP contribution in [0, 0.1) is 5.92 Å². The summed E-state index contributed by atoms with van der Waals surface area (Å²) in [5, 5.41) is 0. The van der Waals surface area contributed by atoms with Crippen molar-refractivity contribution in [3.8, 4) is 0 Å². The molecule has 2 aliphatic rings. The third-order valence-electron chi connectivity index (χ3n) is 3.95. The fourth-order valence-corrected chi connectivity index (χ4v) is 2.66. The fraction of sp³-hybridized carbons (Fsp3) is 0.923. The van der Waals surface area contributed by atoms with Gasteiger partial charge in [-0.15, -0.1) is 0 Å². The van der Waals surface area contributed by atoms with Gasteiger partial charge < -0.3 is 15.4 Å². The van der Waals surface area contributed by atoms with Crippen molar-refractivity contribution in [1.82, 2.24) is 4.90 Å². The van der Waals surface area contributed by atoms with Crippen LogP contribution in [-0.2, 0) is 9.53 Å². The molecule has 2 rings (SSSR count). The van der Waals surface area contributed by atoms with Gasteiger partial charge in [-0.3, -0.25) is 4.79 Å². The summed E-state index contributed by atoms with van der Waals surface area (Å²) in [6.45, 7) is 4.13. The van der Waals surface area contributed by atoms with Crippen LogP contribution in [0.5, 0.6) is 0 Å². The van der Waals surface area contributed by atoms with Gasteiger partial charge in [0, 0.05) is 12.6 Å². The van der Waals surface area contributed by atoms with Crippen LogP contribution in [0.3, 0.4) is 0 Å². The molecule has 2 unspecified atom stereocenters. The van der Waals surface area contributed by atoms with Crippen LogP contribution in [0.1, 0.15) is 39.0 Å². The summed E-state index contributed by atoms with van der Waals surface area (Å²) in [7, 11) is 0. The highest BCUT2D eigenvalue weighted by molar-refractivity contribution is 5.79. The lowest BCUT2D eigenvalue weighted by Gasteiger charge is -2.38. The van der Waals surface area contributed by atoms with Gasteiger partial charge in [-0.05, 0) is 45.6 Å². The first-order valence-corrected chi connectivity index (χ1v) is 6.84. The Hall–Kier alpha value is -0.610. The van der Waals surface area contributed by atoms with Gasteiger partial charge in [-0.25, -0.2) is 0 Å². The molecule has 1 aliphatic carbocycles. The normalized spacial score (nSPS) is 29.1. The molecular formula is C13H24N2O2. The van der Waals surface area contributed by atoms with Crippen LogP contribution < -0.4 is 5.73 Å². The molecule has 0 aromatic carbocycles. The summed E-state index contributed by atoms with van der Waals surface area (Å²) >= 11 is 0. The number of nitrogens with zero attached hydrogens (tertiary/aromatic N) is 1. The van der Waals surface area contributed by atoms with Crippen molar-refractivity contribution in [3.05, 3.63) is 0 Å². The second-order valence-electron chi connectivity index (χ2n) is 5.34. The van der Waals surface area contributed by atoms with Gasteiger partial charge in [0.15, 0.2) is 0 Å². The summed E-state index contributed by atoms with van der Waals surface area (Å²) < 4.78 is 5.50. The quantitative estimate of drug-likeness (QED) is 0.784. The van der Waals surface area contributed by atoms with Crippen LogP contribution in [0.4, 0.5) is 0 Å². The minimum atomic E-state index is 0.0865. The predicted octanol–water partition coefficient (Wildman–Crippen LogP) is 1.14. The SMILES string of the molecule is CC1CC(C(=O)N(CCCN)C2CCC2)CO1. The molecule has 98 valence electrons. The van der Waals surface area contributed by atoms with Gasteiger partial charge in [-0.2, -0.15) is 0 Å². The summed E-state index contributed by atoms with van der Waals surface area (Å²) in [4.78, 5) is 14.5. The maximum Gasteiger partial charge on any atom is 0.228 e. The Morgan fingerprint density at radius 3 is 2.71 bits per heavy atom. The lowest BCUT2D eigenvalue weighted by atomic mass is 9.90. The Morgan fingerprint density at radius 1 is 1.47 bits per heavy atom. The molecule has 17 heavy (non-hydrogen) atoms. The highest BCUT2D eigenvalue weighted by Crippen LogP contribution is 2.29. The Balaban J connectivity index is 1.91. The Bertz CT molecular complexity index is 266. The zero-order valence-electron chi connectivity index (χ0n) is 10.7. The Morgan fingerprint density at radius 2 is 2.24 bits per heavy atom. The third-order valence-corrected chi connectivity index (χ3v) is 3.95. The zero-order valence-corrected chi connectivity index (χ0v) is 10.7. The molecule has 4 heteroatoms. The molecule has 0 bridgehead atoms. The first-order chi connectivity index (χ1) is 8.22. The number of ether oxygens (including phenoxy) is 1. The molecule has 4 nitrogen and oxygen atoms in total. The molecule has 0 spiro atoms. The third kappa shape index (κ3) is 2.99. The summed E-state index contributed by atoms with van der Waals surface area (Å²) in [6, 6.07) is 0.477. The second-order valence-corrected chi connectivity index (χ2v) is 5.34. The molecule has 1 amide bonds. The van der Waals surface area contributed by atoms with Gasteiger partial charge >= 0.3 is 0 Å². The van der Waals surface area contributed by atoms with E-state index in [2.05, 4.69) is 4.90 Å². The molecular weight excluding hydrogens is 216 g/mol. The van der Waals surface area contributed by atoms with Crippen LogP contribution in [0.25, 0.3) is 0 Å². The van der Waals surface area contributed by atoms with Crippen molar-refractivity contribution < 1.29 is 9.53 Å². The van der Waals surface area contributed by atoms with E-state index >= 15 is 0 Å². The van der Waals surface area contributed by atoms with Crippen molar-refractivity contribution in [2.24, 2.45) is 11.7 Å². The van der Waals surface area contributed by atoms with E-state index in [0.29, 0.717) is 25.1 Å². The van der Waals surface area contributed by atoms with E-state index in [4.69, 9.17) is 10.5 Å². The molecule has 1 heterocycles. The number of carbonyl (C=O) groups excluding carboxylic acids is 1. The average Bonchev–Trinajstić information content (AvgIpc) is 2.67. The number of hydrogen-bond donors (Lipinski definition) is 1. The standard InChI is InChI=1S/C13H24N2O2/c1-10-8-11(9-17-10)13(16)15(7-3-6-14)12-4-2-5-12/h10-12H,2-9,14H2,1H3. The lowest BCUT2D eigenvalue weighted by Crippen LogP contribution is -2.47. The number of hydrogen-bond acceptors (Lipinski definition) is 3. The maximum absolute atomic E-state index is 12.4. The van der Waals surface area contributed by atoms with E-state index in [1.165, 1.54) is 19.3 Å². The first kappa shape index (κ1) is 12.8. The monoisotopic (exact) mass is 240 g/mol. The van der Waals surface area contributed by atoms with Gasteiger partial charge in [0.05, 0.1) is 18.6 Å². The van der Waals surface area contributed by atoms with E-state index in [1.807, 2.05) is 6.92 Å². The van der Waals surface area contributed by atoms with Crippen molar-refractivity contribution in [1.29, 1.82) is 0 Å². The highest BCUT2D eigenvalue weighted by Gasteiger charge is 2.35. The van der Waals surface area contributed by atoms with Crippen LogP contribution >= 0.6 is 0 Å². The molecule has 0 aromatic heterocycles. The number of amides is 1. The topological polar surface area (TPSA) is 55.6 Å². The fourth-order valence-electron chi connectivity index (χ4n) is 2.66. The molecule has 1 saturated carbocycles. The molecule has 0 aromatic rings. The highest BCUT2D eigenvalue weighted by atomic mass is 16.5.